The van der Waals surface area contributed by atoms with Crippen LogP contribution in [0.3, 0.4) is 0 Å². The summed E-state index contributed by atoms with van der Waals surface area (Å²) in [6.45, 7) is 8.60. The van der Waals surface area contributed by atoms with E-state index in [4.69, 9.17) is 4.74 Å². The molecule has 2 rings (SSSR count). The van der Waals surface area contributed by atoms with E-state index in [1.807, 2.05) is 31.2 Å². The third-order valence-corrected chi connectivity index (χ3v) is 4.58. The average Bonchev–Trinajstić information content (AvgIpc) is 2.86. The van der Waals surface area contributed by atoms with Crippen LogP contribution in [-0.4, -0.2) is 34.8 Å². The lowest BCUT2D eigenvalue weighted by Gasteiger charge is -2.27. The third-order valence-electron chi connectivity index (χ3n) is 4.58. The van der Waals surface area contributed by atoms with Gasteiger partial charge in [-0.05, 0) is 31.0 Å². The molecule has 0 bridgehead atoms. The van der Waals surface area contributed by atoms with Crippen molar-refractivity contribution in [2.45, 2.75) is 53.0 Å². The average molecular weight is 359 g/mol. The van der Waals surface area contributed by atoms with Crippen molar-refractivity contribution in [1.29, 1.82) is 0 Å². The first kappa shape index (κ1) is 20.0. The van der Waals surface area contributed by atoms with Crippen molar-refractivity contribution in [3.8, 4) is 5.75 Å². The smallest absolute Gasteiger partial charge is 0.290 e. The van der Waals surface area contributed by atoms with Crippen LogP contribution in [0.5, 0.6) is 5.75 Å². The summed E-state index contributed by atoms with van der Waals surface area (Å²) in [5.74, 6) is -0.675. The molecule has 1 aromatic rings. The lowest BCUT2D eigenvalue weighted by atomic mass is 9.91. The van der Waals surface area contributed by atoms with E-state index in [0.29, 0.717) is 18.9 Å². The molecule has 1 heterocycles. The van der Waals surface area contributed by atoms with Crippen molar-refractivity contribution < 1.29 is 19.4 Å². The number of unbranched alkanes of at least 4 members (excludes halogenated alkanes) is 2. The van der Waals surface area contributed by atoms with Crippen LogP contribution < -0.4 is 4.74 Å². The monoisotopic (exact) mass is 359 g/mol. The molecular weight excluding hydrogens is 330 g/mol. The maximum atomic E-state index is 12.7. The normalized spacial score (nSPS) is 17.3. The van der Waals surface area contributed by atoms with Gasteiger partial charge in [-0.25, -0.2) is 0 Å². The summed E-state index contributed by atoms with van der Waals surface area (Å²) >= 11 is 0. The van der Waals surface area contributed by atoms with Crippen molar-refractivity contribution in [2.75, 3.05) is 13.2 Å². The number of benzene rings is 1. The van der Waals surface area contributed by atoms with E-state index in [1.165, 1.54) is 0 Å². The summed E-state index contributed by atoms with van der Waals surface area (Å²) in [6.07, 6.45) is 2.85. The highest BCUT2D eigenvalue weighted by Gasteiger charge is 2.43. The molecule has 0 saturated heterocycles. The van der Waals surface area contributed by atoms with E-state index in [-0.39, 0.29) is 17.3 Å². The molecular formula is C21H29NO4. The van der Waals surface area contributed by atoms with E-state index < -0.39 is 17.7 Å². The quantitative estimate of drug-likeness (QED) is 0.671. The van der Waals surface area contributed by atoms with Gasteiger partial charge < -0.3 is 14.7 Å². The van der Waals surface area contributed by atoms with Gasteiger partial charge in [0.2, 0.25) is 0 Å². The van der Waals surface area contributed by atoms with Gasteiger partial charge in [0.25, 0.3) is 5.91 Å². The first-order chi connectivity index (χ1) is 12.4. The van der Waals surface area contributed by atoms with Gasteiger partial charge in [0, 0.05) is 12.5 Å². The largest absolute Gasteiger partial charge is 0.503 e. The van der Waals surface area contributed by atoms with Crippen LogP contribution in [0.2, 0.25) is 0 Å². The van der Waals surface area contributed by atoms with Gasteiger partial charge in [0.05, 0.1) is 18.2 Å². The second-order valence-electron chi connectivity index (χ2n) is 6.89. The Labute approximate surface area is 155 Å². The molecule has 5 nitrogen and oxygen atoms in total. The highest BCUT2D eigenvalue weighted by atomic mass is 16.5. The number of hydrogen-bond donors (Lipinski definition) is 1. The first-order valence-corrected chi connectivity index (χ1v) is 9.43. The van der Waals surface area contributed by atoms with Crippen molar-refractivity contribution in [1.82, 2.24) is 4.90 Å². The van der Waals surface area contributed by atoms with Crippen LogP contribution in [0.25, 0.3) is 0 Å². The number of hydrogen-bond acceptors (Lipinski definition) is 4. The number of ketones is 1. The predicted octanol–water partition coefficient (Wildman–Crippen LogP) is 4.20. The Bertz CT molecular complexity index is 693. The Kier molecular flexibility index (Phi) is 6.83. The number of nitrogens with zero attached hydrogens (tertiary/aromatic N) is 1. The van der Waals surface area contributed by atoms with Crippen LogP contribution in [-0.2, 0) is 9.59 Å². The van der Waals surface area contributed by atoms with Crippen LogP contribution in [0, 0.1) is 5.92 Å². The van der Waals surface area contributed by atoms with E-state index in [2.05, 4.69) is 6.92 Å². The van der Waals surface area contributed by atoms with Gasteiger partial charge in [-0.15, -0.1) is 0 Å². The molecule has 1 aromatic carbocycles. The van der Waals surface area contributed by atoms with Gasteiger partial charge >= 0.3 is 0 Å². The summed E-state index contributed by atoms with van der Waals surface area (Å²) in [5.41, 5.74) is 0.990. The number of aliphatic hydroxyl groups is 1. The molecule has 1 aliphatic rings. The van der Waals surface area contributed by atoms with E-state index >= 15 is 0 Å². The molecule has 0 aromatic heterocycles. The molecule has 142 valence electrons. The molecule has 1 N–H and O–H groups in total. The number of amides is 1. The fraction of sp³-hybridized carbons (Fsp3) is 0.524. The van der Waals surface area contributed by atoms with Gasteiger partial charge in [-0.2, -0.15) is 0 Å². The molecule has 0 saturated carbocycles. The Morgan fingerprint density at radius 3 is 2.62 bits per heavy atom. The number of Topliss-reactive ketones (excluding diaryl/α,β-unsaturated/α-hetero) is 1. The summed E-state index contributed by atoms with van der Waals surface area (Å²) in [7, 11) is 0. The van der Waals surface area contributed by atoms with Crippen molar-refractivity contribution in [2.24, 2.45) is 5.92 Å². The molecule has 5 heteroatoms. The van der Waals surface area contributed by atoms with Gasteiger partial charge in [0.15, 0.2) is 11.5 Å². The minimum absolute atomic E-state index is 0.194. The van der Waals surface area contributed by atoms with Gasteiger partial charge in [0.1, 0.15) is 5.75 Å². The van der Waals surface area contributed by atoms with Gasteiger partial charge in [-0.3, -0.25) is 9.59 Å². The van der Waals surface area contributed by atoms with Gasteiger partial charge in [-0.1, -0.05) is 45.7 Å². The van der Waals surface area contributed by atoms with Crippen LogP contribution in [0.4, 0.5) is 0 Å². The minimum Gasteiger partial charge on any atom is -0.503 e. The van der Waals surface area contributed by atoms with Crippen molar-refractivity contribution in [3.63, 3.8) is 0 Å². The highest BCUT2D eigenvalue weighted by molar-refractivity contribution is 6.09. The lowest BCUT2D eigenvalue weighted by Crippen LogP contribution is -2.32. The number of rotatable bonds is 9. The van der Waals surface area contributed by atoms with E-state index in [9.17, 15) is 14.7 Å². The highest BCUT2D eigenvalue weighted by Crippen LogP contribution is 2.39. The molecule has 0 aliphatic carbocycles. The Morgan fingerprint density at radius 1 is 1.27 bits per heavy atom. The zero-order valence-corrected chi connectivity index (χ0v) is 16.1. The molecule has 1 atom stereocenters. The SMILES string of the molecule is CCCCCN1C(=O)C(O)=C(C(=O)C(C)C)C1c1cccc(OCC)c1. The molecule has 0 spiro atoms. The third kappa shape index (κ3) is 4.09. The Balaban J connectivity index is 2.46. The summed E-state index contributed by atoms with van der Waals surface area (Å²) in [5, 5.41) is 10.4. The maximum Gasteiger partial charge on any atom is 0.290 e. The van der Waals surface area contributed by atoms with Crippen LogP contribution >= 0.6 is 0 Å². The fourth-order valence-corrected chi connectivity index (χ4v) is 3.27. The molecule has 1 amide bonds. The summed E-state index contributed by atoms with van der Waals surface area (Å²) < 4.78 is 5.57. The summed E-state index contributed by atoms with van der Waals surface area (Å²) in [6, 6.07) is 6.86. The molecule has 0 fully saturated rings. The summed E-state index contributed by atoms with van der Waals surface area (Å²) in [4.78, 5) is 27.0. The second kappa shape index (κ2) is 8.88. The molecule has 0 radical (unpaired) electrons. The standard InChI is InChI=1S/C21H29NO4/c1-5-7-8-12-22-18(15-10-9-11-16(13-15)26-6-2)17(19(23)14(3)4)20(24)21(22)25/h9-11,13-14,18,24H,5-8,12H2,1-4H3. The molecule has 1 unspecified atom stereocenters. The maximum absolute atomic E-state index is 12.7. The molecule has 1 aliphatic heterocycles. The van der Waals surface area contributed by atoms with Crippen LogP contribution in [0.15, 0.2) is 35.6 Å². The zero-order chi connectivity index (χ0) is 19.3. The topological polar surface area (TPSA) is 66.8 Å². The zero-order valence-electron chi connectivity index (χ0n) is 16.1. The lowest BCUT2D eigenvalue weighted by molar-refractivity contribution is -0.129. The molecule has 26 heavy (non-hydrogen) atoms. The van der Waals surface area contributed by atoms with Crippen LogP contribution in [0.1, 0.15) is 58.6 Å². The van der Waals surface area contributed by atoms with Crippen molar-refractivity contribution in [3.05, 3.63) is 41.2 Å². The number of carbonyl (C=O) groups excluding carboxylic acids is 2. The number of carbonyl (C=O) groups is 2. The first-order valence-electron chi connectivity index (χ1n) is 9.43. The van der Waals surface area contributed by atoms with Crippen molar-refractivity contribution >= 4 is 11.7 Å². The minimum atomic E-state index is -0.560. The van der Waals surface area contributed by atoms with E-state index in [0.717, 1.165) is 24.8 Å². The predicted molar refractivity (Wildman–Crippen MR) is 101 cm³/mol. The second-order valence-corrected chi connectivity index (χ2v) is 6.89. The van der Waals surface area contributed by atoms with E-state index in [1.54, 1.807) is 18.7 Å². The number of ether oxygens (including phenoxy) is 1. The number of aliphatic hydroxyl groups excluding tert-OH is 1. The Hall–Kier alpha value is -2.30. The Morgan fingerprint density at radius 2 is 2.00 bits per heavy atom. The fourth-order valence-electron chi connectivity index (χ4n) is 3.27.